The third kappa shape index (κ3) is 5.25. The normalized spacial score (nSPS) is 28.5. The van der Waals surface area contributed by atoms with Crippen LogP contribution in [-0.4, -0.2) is 50.1 Å². The smallest absolute Gasteiger partial charge is 0.191 e. The summed E-state index contributed by atoms with van der Waals surface area (Å²) < 4.78 is 0. The highest BCUT2D eigenvalue weighted by molar-refractivity contribution is 14.0. The number of aliphatic imine (C=N–C) groups is 1. The van der Waals surface area contributed by atoms with Crippen molar-refractivity contribution in [1.29, 1.82) is 0 Å². The molecule has 2 saturated carbocycles. The summed E-state index contributed by atoms with van der Waals surface area (Å²) in [5, 5.41) is 7.13. The van der Waals surface area contributed by atoms with Gasteiger partial charge in [0.1, 0.15) is 0 Å². The average molecular weight is 420 g/mol. The third-order valence-electron chi connectivity index (χ3n) is 5.61. The molecule has 0 amide bonds. The van der Waals surface area contributed by atoms with E-state index in [4.69, 9.17) is 0 Å². The zero-order valence-corrected chi connectivity index (χ0v) is 16.6. The molecule has 1 saturated heterocycles. The second kappa shape index (κ2) is 8.18. The molecule has 22 heavy (non-hydrogen) atoms. The lowest BCUT2D eigenvalue weighted by atomic mass is 10.1. The van der Waals surface area contributed by atoms with Gasteiger partial charge in [-0.2, -0.15) is 0 Å². The molecule has 0 bridgehead atoms. The zero-order valence-electron chi connectivity index (χ0n) is 14.2. The lowest BCUT2D eigenvalue weighted by Gasteiger charge is -2.22. The highest BCUT2D eigenvalue weighted by Crippen LogP contribution is 2.43. The van der Waals surface area contributed by atoms with E-state index in [2.05, 4.69) is 27.4 Å². The molecule has 1 aliphatic heterocycles. The molecule has 3 rings (SSSR count). The van der Waals surface area contributed by atoms with E-state index < -0.39 is 0 Å². The standard InChI is InChI=1S/C17H32N4.HI/c1-17(8-9-17)13-19-16(18-2)20-15-7-10-21(12-15)11-14-5-3-4-6-14;/h14-15H,3-13H2,1-2H3,(H2,18,19,20);1H. The first-order valence-corrected chi connectivity index (χ1v) is 8.86. The minimum Gasteiger partial charge on any atom is -0.356 e. The van der Waals surface area contributed by atoms with Gasteiger partial charge in [0, 0.05) is 39.3 Å². The maximum absolute atomic E-state index is 4.39. The van der Waals surface area contributed by atoms with Crippen molar-refractivity contribution >= 4 is 29.9 Å². The van der Waals surface area contributed by atoms with Gasteiger partial charge in [0.2, 0.25) is 0 Å². The van der Waals surface area contributed by atoms with Crippen molar-refractivity contribution in [2.24, 2.45) is 16.3 Å². The summed E-state index contributed by atoms with van der Waals surface area (Å²) in [6.07, 6.45) is 9.79. The number of nitrogens with one attached hydrogen (secondary N) is 2. The zero-order chi connectivity index (χ0) is 14.7. The van der Waals surface area contributed by atoms with E-state index in [1.165, 1.54) is 64.6 Å². The fourth-order valence-electron chi connectivity index (χ4n) is 3.75. The van der Waals surface area contributed by atoms with Gasteiger partial charge in [-0.25, -0.2) is 0 Å². The summed E-state index contributed by atoms with van der Waals surface area (Å²) in [6.45, 7) is 7.18. The van der Waals surface area contributed by atoms with E-state index in [9.17, 15) is 0 Å². The number of hydrogen-bond acceptors (Lipinski definition) is 2. The largest absolute Gasteiger partial charge is 0.356 e. The molecule has 2 aliphatic carbocycles. The van der Waals surface area contributed by atoms with Crippen LogP contribution in [0.5, 0.6) is 0 Å². The van der Waals surface area contributed by atoms with E-state index in [-0.39, 0.29) is 24.0 Å². The van der Waals surface area contributed by atoms with Crippen molar-refractivity contribution in [2.75, 3.05) is 33.2 Å². The van der Waals surface area contributed by atoms with E-state index in [0.717, 1.165) is 18.4 Å². The van der Waals surface area contributed by atoms with Crippen molar-refractivity contribution in [3.05, 3.63) is 0 Å². The summed E-state index contributed by atoms with van der Waals surface area (Å²) in [5.41, 5.74) is 0.530. The number of likely N-dealkylation sites (tertiary alicyclic amines) is 1. The van der Waals surface area contributed by atoms with Crippen molar-refractivity contribution in [2.45, 2.75) is 57.9 Å². The van der Waals surface area contributed by atoms with Gasteiger partial charge >= 0.3 is 0 Å². The van der Waals surface area contributed by atoms with Crippen LogP contribution in [0, 0.1) is 11.3 Å². The van der Waals surface area contributed by atoms with Crippen LogP contribution in [0.1, 0.15) is 51.9 Å². The average Bonchev–Trinajstić information content (AvgIpc) is 2.90. The van der Waals surface area contributed by atoms with Crippen molar-refractivity contribution in [1.82, 2.24) is 15.5 Å². The van der Waals surface area contributed by atoms with Crippen LogP contribution in [0.4, 0.5) is 0 Å². The van der Waals surface area contributed by atoms with Gasteiger partial charge < -0.3 is 15.5 Å². The topological polar surface area (TPSA) is 39.7 Å². The molecule has 0 radical (unpaired) electrons. The van der Waals surface area contributed by atoms with Gasteiger partial charge in [-0.1, -0.05) is 19.8 Å². The number of nitrogens with zero attached hydrogens (tertiary/aromatic N) is 2. The lowest BCUT2D eigenvalue weighted by Crippen LogP contribution is -2.46. The minimum atomic E-state index is 0. The first-order chi connectivity index (χ1) is 10.2. The summed E-state index contributed by atoms with van der Waals surface area (Å²) in [6, 6.07) is 0.574. The molecule has 2 N–H and O–H groups in total. The molecule has 3 fully saturated rings. The number of hydrogen-bond donors (Lipinski definition) is 2. The molecule has 0 aromatic carbocycles. The summed E-state index contributed by atoms with van der Waals surface area (Å²) >= 11 is 0. The predicted octanol–water partition coefficient (Wildman–Crippen LogP) is 2.83. The molecular weight excluding hydrogens is 387 g/mol. The Hall–Kier alpha value is -0.0400. The van der Waals surface area contributed by atoms with E-state index in [0.29, 0.717) is 11.5 Å². The molecule has 1 heterocycles. The van der Waals surface area contributed by atoms with Crippen molar-refractivity contribution in [3.8, 4) is 0 Å². The minimum absolute atomic E-state index is 0. The first kappa shape index (κ1) is 18.3. The molecule has 1 unspecified atom stereocenters. The molecule has 0 aromatic rings. The van der Waals surface area contributed by atoms with E-state index >= 15 is 0 Å². The molecule has 1 atom stereocenters. The second-order valence-electron chi connectivity index (χ2n) is 7.78. The maximum atomic E-state index is 4.39. The molecular formula is C17H33IN4. The van der Waals surface area contributed by atoms with Crippen LogP contribution in [0.2, 0.25) is 0 Å². The summed E-state index contributed by atoms with van der Waals surface area (Å²) in [4.78, 5) is 7.04. The number of halogens is 1. The predicted molar refractivity (Wildman–Crippen MR) is 104 cm³/mol. The molecule has 3 aliphatic rings. The molecule has 128 valence electrons. The molecule has 0 spiro atoms. The molecule has 4 nitrogen and oxygen atoms in total. The van der Waals surface area contributed by atoms with Gasteiger partial charge in [-0.05, 0) is 43.4 Å². The summed E-state index contributed by atoms with van der Waals surface area (Å²) in [7, 11) is 1.88. The number of rotatable bonds is 5. The Labute approximate surface area is 152 Å². The Morgan fingerprint density at radius 1 is 1.23 bits per heavy atom. The van der Waals surface area contributed by atoms with E-state index in [1.54, 1.807) is 0 Å². The monoisotopic (exact) mass is 420 g/mol. The lowest BCUT2D eigenvalue weighted by molar-refractivity contribution is 0.275. The second-order valence-corrected chi connectivity index (χ2v) is 7.78. The Bertz CT molecular complexity index is 375. The van der Waals surface area contributed by atoms with Crippen LogP contribution < -0.4 is 10.6 Å². The fraction of sp³-hybridized carbons (Fsp3) is 0.941. The van der Waals surface area contributed by atoms with E-state index in [1.807, 2.05) is 7.05 Å². The Morgan fingerprint density at radius 2 is 1.95 bits per heavy atom. The Kier molecular flexibility index (Phi) is 6.80. The van der Waals surface area contributed by atoms with Gasteiger partial charge in [0.25, 0.3) is 0 Å². The molecule has 0 aromatic heterocycles. The quantitative estimate of drug-likeness (QED) is 0.408. The third-order valence-corrected chi connectivity index (χ3v) is 5.61. The van der Waals surface area contributed by atoms with Crippen molar-refractivity contribution < 1.29 is 0 Å². The van der Waals surface area contributed by atoms with Gasteiger partial charge in [-0.3, -0.25) is 4.99 Å². The summed E-state index contributed by atoms with van der Waals surface area (Å²) in [5.74, 6) is 1.96. The van der Waals surface area contributed by atoms with Crippen LogP contribution in [0.15, 0.2) is 4.99 Å². The highest BCUT2D eigenvalue weighted by atomic mass is 127. The maximum Gasteiger partial charge on any atom is 0.191 e. The van der Waals surface area contributed by atoms with Crippen LogP contribution in [0.3, 0.4) is 0 Å². The first-order valence-electron chi connectivity index (χ1n) is 8.86. The van der Waals surface area contributed by atoms with Crippen LogP contribution in [0.25, 0.3) is 0 Å². The highest BCUT2D eigenvalue weighted by Gasteiger charge is 2.37. The van der Waals surface area contributed by atoms with Gasteiger partial charge in [-0.15, -0.1) is 24.0 Å². The van der Waals surface area contributed by atoms with Crippen LogP contribution >= 0.6 is 24.0 Å². The van der Waals surface area contributed by atoms with Gasteiger partial charge in [0.15, 0.2) is 5.96 Å². The van der Waals surface area contributed by atoms with Gasteiger partial charge in [0.05, 0.1) is 0 Å². The fourth-order valence-corrected chi connectivity index (χ4v) is 3.75. The Balaban J connectivity index is 0.00000176. The molecule has 5 heteroatoms. The number of guanidine groups is 1. The SMILES string of the molecule is CN=C(NCC1(C)CC1)NC1CCN(CC2CCCC2)C1.I. The van der Waals surface area contributed by atoms with Crippen molar-refractivity contribution in [3.63, 3.8) is 0 Å². The Morgan fingerprint density at radius 3 is 2.59 bits per heavy atom. The van der Waals surface area contributed by atoms with Crippen LogP contribution in [-0.2, 0) is 0 Å².